The van der Waals surface area contributed by atoms with Gasteiger partial charge < -0.3 is 15.4 Å². The molecule has 1 fully saturated rings. The highest BCUT2D eigenvalue weighted by atomic mass is 19.1. The number of halogens is 1. The molecule has 5 heteroatoms. The zero-order chi connectivity index (χ0) is 13.8. The van der Waals surface area contributed by atoms with Crippen molar-refractivity contribution in [3.05, 3.63) is 24.0 Å². The lowest BCUT2D eigenvalue weighted by Gasteiger charge is -2.17. The first-order valence-corrected chi connectivity index (χ1v) is 6.51. The molecular weight excluding hydrogens is 247 g/mol. The van der Waals surface area contributed by atoms with Crippen LogP contribution in [0.5, 0.6) is 0 Å². The van der Waals surface area contributed by atoms with Crippen molar-refractivity contribution in [2.45, 2.75) is 26.3 Å². The van der Waals surface area contributed by atoms with Crippen LogP contribution < -0.4 is 10.6 Å². The molecule has 0 radical (unpaired) electrons. The molecule has 1 amide bonds. The van der Waals surface area contributed by atoms with E-state index in [1.165, 1.54) is 12.1 Å². The molecule has 1 unspecified atom stereocenters. The first-order chi connectivity index (χ1) is 9.06. The fraction of sp³-hybridized carbons (Fsp3) is 0.500. The van der Waals surface area contributed by atoms with Crippen LogP contribution in [0.3, 0.4) is 0 Å². The van der Waals surface area contributed by atoms with E-state index in [9.17, 15) is 9.18 Å². The van der Waals surface area contributed by atoms with E-state index in [4.69, 9.17) is 4.74 Å². The van der Waals surface area contributed by atoms with E-state index < -0.39 is 0 Å². The van der Waals surface area contributed by atoms with Crippen LogP contribution in [-0.4, -0.2) is 25.2 Å². The van der Waals surface area contributed by atoms with Gasteiger partial charge in [0.15, 0.2) is 0 Å². The summed E-state index contributed by atoms with van der Waals surface area (Å²) < 4.78 is 18.5. The topological polar surface area (TPSA) is 50.4 Å². The number of rotatable bonds is 4. The van der Waals surface area contributed by atoms with E-state index in [1.54, 1.807) is 6.07 Å². The average Bonchev–Trinajstić information content (AvgIpc) is 2.86. The zero-order valence-corrected chi connectivity index (χ0v) is 11.2. The molecule has 2 N–H and O–H groups in total. The van der Waals surface area contributed by atoms with Gasteiger partial charge in [-0.3, -0.25) is 4.79 Å². The van der Waals surface area contributed by atoms with Crippen LogP contribution in [0.25, 0.3) is 0 Å². The highest BCUT2D eigenvalue weighted by Crippen LogP contribution is 2.25. The van der Waals surface area contributed by atoms with Crippen LogP contribution in [-0.2, 0) is 9.53 Å². The lowest BCUT2D eigenvalue weighted by atomic mass is 10.1. The maximum Gasteiger partial charge on any atom is 0.229 e. The molecule has 104 valence electrons. The summed E-state index contributed by atoms with van der Waals surface area (Å²) in [4.78, 5) is 12.0. The number of benzene rings is 1. The second kappa shape index (κ2) is 6.02. The highest BCUT2D eigenvalue weighted by molar-refractivity contribution is 5.95. The zero-order valence-electron chi connectivity index (χ0n) is 11.2. The molecule has 1 aliphatic heterocycles. The molecule has 0 saturated carbocycles. The molecule has 0 spiro atoms. The predicted molar refractivity (Wildman–Crippen MR) is 72.7 cm³/mol. The average molecular weight is 266 g/mol. The molecule has 1 heterocycles. The minimum absolute atomic E-state index is 0.116. The Kier molecular flexibility index (Phi) is 4.37. The van der Waals surface area contributed by atoms with E-state index in [-0.39, 0.29) is 23.7 Å². The van der Waals surface area contributed by atoms with E-state index in [0.29, 0.717) is 25.3 Å². The van der Waals surface area contributed by atoms with Gasteiger partial charge in [-0.15, -0.1) is 0 Å². The molecule has 1 aromatic rings. The van der Waals surface area contributed by atoms with Crippen molar-refractivity contribution in [2.75, 3.05) is 23.8 Å². The van der Waals surface area contributed by atoms with Crippen LogP contribution in [0.2, 0.25) is 0 Å². The number of hydrogen-bond acceptors (Lipinski definition) is 3. The van der Waals surface area contributed by atoms with Crippen molar-refractivity contribution >= 4 is 17.3 Å². The first kappa shape index (κ1) is 13.8. The van der Waals surface area contributed by atoms with E-state index in [1.807, 2.05) is 13.8 Å². The van der Waals surface area contributed by atoms with Crippen molar-refractivity contribution in [3.63, 3.8) is 0 Å². The van der Waals surface area contributed by atoms with Gasteiger partial charge in [-0.05, 0) is 38.5 Å². The quantitative estimate of drug-likeness (QED) is 0.880. The molecule has 0 aromatic heterocycles. The van der Waals surface area contributed by atoms with Crippen molar-refractivity contribution in [1.29, 1.82) is 0 Å². The Morgan fingerprint density at radius 1 is 1.42 bits per heavy atom. The van der Waals surface area contributed by atoms with Gasteiger partial charge in [0.1, 0.15) is 5.82 Å². The Labute approximate surface area is 112 Å². The van der Waals surface area contributed by atoms with E-state index >= 15 is 0 Å². The minimum atomic E-state index is -0.368. The van der Waals surface area contributed by atoms with Gasteiger partial charge in [0.2, 0.25) is 5.91 Å². The summed E-state index contributed by atoms with van der Waals surface area (Å²) in [6, 6.07) is 4.55. The summed E-state index contributed by atoms with van der Waals surface area (Å²) in [6.07, 6.45) is 0.716. The molecule has 2 rings (SSSR count). The smallest absolute Gasteiger partial charge is 0.229 e. The van der Waals surface area contributed by atoms with Gasteiger partial charge in [0.05, 0.1) is 23.9 Å². The summed E-state index contributed by atoms with van der Waals surface area (Å²) in [7, 11) is 0. The Hall–Kier alpha value is -1.62. The Morgan fingerprint density at radius 3 is 2.84 bits per heavy atom. The Morgan fingerprint density at radius 2 is 2.21 bits per heavy atom. The number of carbonyl (C=O) groups excluding carboxylic acids is 1. The molecule has 1 aromatic carbocycles. The van der Waals surface area contributed by atoms with Gasteiger partial charge >= 0.3 is 0 Å². The molecule has 0 aliphatic carbocycles. The van der Waals surface area contributed by atoms with Gasteiger partial charge in [-0.1, -0.05) is 0 Å². The lowest BCUT2D eigenvalue weighted by Crippen LogP contribution is -2.24. The third-order valence-corrected chi connectivity index (χ3v) is 2.98. The number of amides is 1. The monoisotopic (exact) mass is 266 g/mol. The van der Waals surface area contributed by atoms with Crippen LogP contribution >= 0.6 is 0 Å². The molecule has 19 heavy (non-hydrogen) atoms. The normalized spacial score (nSPS) is 18.6. The molecule has 0 bridgehead atoms. The van der Waals surface area contributed by atoms with Crippen molar-refractivity contribution < 1.29 is 13.9 Å². The number of carbonyl (C=O) groups is 1. The van der Waals surface area contributed by atoms with Gasteiger partial charge in [0.25, 0.3) is 0 Å². The molecule has 4 nitrogen and oxygen atoms in total. The second-order valence-electron chi connectivity index (χ2n) is 5.04. The highest BCUT2D eigenvalue weighted by Gasteiger charge is 2.24. The standard InChI is InChI=1S/C14H19FN2O2/c1-9(2)16-12-4-3-11(15)7-13(12)17-14(18)10-5-6-19-8-10/h3-4,7,9-10,16H,5-6,8H2,1-2H3,(H,17,18). The van der Waals surface area contributed by atoms with Gasteiger partial charge in [-0.25, -0.2) is 4.39 Å². The van der Waals surface area contributed by atoms with Crippen LogP contribution in [0.1, 0.15) is 20.3 Å². The molecule has 1 saturated heterocycles. The van der Waals surface area contributed by atoms with Crippen LogP contribution in [0.15, 0.2) is 18.2 Å². The number of hydrogen-bond donors (Lipinski definition) is 2. The van der Waals surface area contributed by atoms with Crippen LogP contribution in [0.4, 0.5) is 15.8 Å². The molecule has 1 atom stereocenters. The predicted octanol–water partition coefficient (Wildman–Crippen LogP) is 2.62. The minimum Gasteiger partial charge on any atom is -0.381 e. The van der Waals surface area contributed by atoms with Gasteiger partial charge in [0, 0.05) is 12.6 Å². The van der Waals surface area contributed by atoms with E-state index in [2.05, 4.69) is 10.6 Å². The maximum atomic E-state index is 13.3. The number of nitrogens with one attached hydrogen (secondary N) is 2. The first-order valence-electron chi connectivity index (χ1n) is 6.51. The summed E-state index contributed by atoms with van der Waals surface area (Å²) in [6.45, 7) is 5.02. The third kappa shape index (κ3) is 3.67. The Balaban J connectivity index is 2.12. The van der Waals surface area contributed by atoms with Crippen LogP contribution in [0, 0.1) is 11.7 Å². The fourth-order valence-electron chi connectivity index (χ4n) is 2.03. The van der Waals surface area contributed by atoms with Gasteiger partial charge in [-0.2, -0.15) is 0 Å². The SMILES string of the molecule is CC(C)Nc1ccc(F)cc1NC(=O)C1CCOC1. The van der Waals surface area contributed by atoms with Crippen molar-refractivity contribution in [2.24, 2.45) is 5.92 Å². The second-order valence-corrected chi connectivity index (χ2v) is 5.04. The maximum absolute atomic E-state index is 13.3. The fourth-order valence-corrected chi connectivity index (χ4v) is 2.03. The largest absolute Gasteiger partial charge is 0.381 e. The summed E-state index contributed by atoms with van der Waals surface area (Å²) in [5.74, 6) is -0.627. The molecular formula is C14H19FN2O2. The van der Waals surface area contributed by atoms with Crippen molar-refractivity contribution in [1.82, 2.24) is 0 Å². The van der Waals surface area contributed by atoms with E-state index in [0.717, 1.165) is 5.69 Å². The lowest BCUT2D eigenvalue weighted by molar-refractivity contribution is -0.119. The summed E-state index contributed by atoms with van der Waals surface area (Å²) in [5, 5.41) is 5.96. The third-order valence-electron chi connectivity index (χ3n) is 2.98. The number of anilines is 2. The number of ether oxygens (including phenoxy) is 1. The summed E-state index contributed by atoms with van der Waals surface area (Å²) in [5.41, 5.74) is 1.20. The Bertz CT molecular complexity index is 457. The summed E-state index contributed by atoms with van der Waals surface area (Å²) >= 11 is 0. The van der Waals surface area contributed by atoms with Crippen molar-refractivity contribution in [3.8, 4) is 0 Å². The molecule has 1 aliphatic rings.